The molecule has 4 atom stereocenters. The number of fused-ring (bicyclic) bond motifs is 5. The minimum atomic E-state index is 0.276. The summed E-state index contributed by atoms with van der Waals surface area (Å²) < 4.78 is 0. The zero-order chi connectivity index (χ0) is 20.9. The fourth-order valence-corrected chi connectivity index (χ4v) is 7.08. The van der Waals surface area contributed by atoms with Gasteiger partial charge in [-0.3, -0.25) is 4.79 Å². The third-order valence-corrected chi connectivity index (χ3v) is 8.38. The first kappa shape index (κ1) is 19.3. The van der Waals surface area contributed by atoms with E-state index in [9.17, 15) is 4.79 Å². The first-order chi connectivity index (χ1) is 15.2. The second-order valence-corrected chi connectivity index (χ2v) is 10.2. The number of amides is 1. The summed E-state index contributed by atoms with van der Waals surface area (Å²) >= 11 is 0. The van der Waals surface area contributed by atoms with Crippen LogP contribution in [0.3, 0.4) is 0 Å². The van der Waals surface area contributed by atoms with Crippen LogP contribution in [0.15, 0.2) is 6.33 Å². The Labute approximate surface area is 183 Å². The number of anilines is 2. The summed E-state index contributed by atoms with van der Waals surface area (Å²) in [6.07, 6.45) is 13.7. The molecule has 4 fully saturated rings. The van der Waals surface area contributed by atoms with Crippen molar-refractivity contribution >= 4 is 28.8 Å². The topological polar surface area (TPSA) is 104 Å². The van der Waals surface area contributed by atoms with Crippen molar-refractivity contribution in [1.29, 1.82) is 0 Å². The number of piperidine rings is 3. The predicted octanol–water partition coefficient (Wildman–Crippen LogP) is 3.11. The molecular formula is C23H33N7O. The minimum Gasteiger partial charge on any atom is -0.368 e. The third-order valence-electron chi connectivity index (χ3n) is 8.38. The maximum atomic E-state index is 13.1. The Morgan fingerprint density at radius 3 is 2.77 bits per heavy atom. The van der Waals surface area contributed by atoms with E-state index in [0.29, 0.717) is 35.5 Å². The van der Waals surface area contributed by atoms with Crippen LogP contribution in [0.5, 0.6) is 0 Å². The quantitative estimate of drug-likeness (QED) is 0.786. The van der Waals surface area contributed by atoms with Crippen molar-refractivity contribution in [1.82, 2.24) is 24.8 Å². The summed E-state index contributed by atoms with van der Waals surface area (Å²) in [4.78, 5) is 34.3. The van der Waals surface area contributed by atoms with Crippen molar-refractivity contribution in [2.45, 2.75) is 76.3 Å². The van der Waals surface area contributed by atoms with Crippen LogP contribution < -0.4 is 10.6 Å². The van der Waals surface area contributed by atoms with E-state index in [4.69, 9.17) is 5.73 Å². The molecule has 31 heavy (non-hydrogen) atoms. The molecule has 4 aliphatic rings. The van der Waals surface area contributed by atoms with E-state index in [1.807, 2.05) is 0 Å². The lowest BCUT2D eigenvalue weighted by Gasteiger charge is -2.57. The van der Waals surface area contributed by atoms with Gasteiger partial charge in [-0.15, -0.1) is 0 Å². The number of H-pyrrole nitrogens is 1. The van der Waals surface area contributed by atoms with E-state index >= 15 is 0 Å². The zero-order valence-corrected chi connectivity index (χ0v) is 18.2. The molecule has 1 amide bonds. The molecule has 2 aromatic rings. The monoisotopic (exact) mass is 423 g/mol. The van der Waals surface area contributed by atoms with Gasteiger partial charge in [-0.2, -0.15) is 9.97 Å². The van der Waals surface area contributed by atoms with Crippen molar-refractivity contribution < 1.29 is 4.79 Å². The lowest BCUT2D eigenvalue weighted by atomic mass is 9.69. The summed E-state index contributed by atoms with van der Waals surface area (Å²) in [5, 5.41) is 0. The van der Waals surface area contributed by atoms with E-state index < -0.39 is 0 Å². The molecule has 2 bridgehead atoms. The van der Waals surface area contributed by atoms with Gasteiger partial charge in [0.25, 0.3) is 0 Å². The first-order valence-corrected chi connectivity index (χ1v) is 12.2. The van der Waals surface area contributed by atoms with E-state index in [0.717, 1.165) is 49.6 Å². The van der Waals surface area contributed by atoms with Crippen molar-refractivity contribution in [3.63, 3.8) is 0 Å². The maximum Gasteiger partial charge on any atom is 0.224 e. The molecule has 3 saturated heterocycles. The number of nitrogen functional groups attached to an aromatic ring is 1. The highest BCUT2D eigenvalue weighted by atomic mass is 16.2. The van der Waals surface area contributed by atoms with Gasteiger partial charge in [0.05, 0.1) is 6.33 Å². The van der Waals surface area contributed by atoms with E-state index in [-0.39, 0.29) is 5.95 Å². The number of nitrogens with one attached hydrogen (secondary N) is 1. The van der Waals surface area contributed by atoms with Crippen molar-refractivity contribution in [3.05, 3.63) is 6.33 Å². The smallest absolute Gasteiger partial charge is 0.224 e. The molecule has 0 radical (unpaired) electrons. The number of hydrogen-bond acceptors (Lipinski definition) is 6. The summed E-state index contributed by atoms with van der Waals surface area (Å²) in [6, 6.07) is 0.752. The Balaban J connectivity index is 1.34. The van der Waals surface area contributed by atoms with Gasteiger partial charge in [0.1, 0.15) is 5.52 Å². The molecule has 8 nitrogen and oxygen atoms in total. The molecule has 0 aromatic carbocycles. The van der Waals surface area contributed by atoms with Gasteiger partial charge in [0, 0.05) is 31.6 Å². The van der Waals surface area contributed by atoms with Gasteiger partial charge in [-0.1, -0.05) is 32.1 Å². The van der Waals surface area contributed by atoms with Crippen LogP contribution in [0.2, 0.25) is 0 Å². The number of nitrogens with zero attached hydrogens (tertiary/aromatic N) is 5. The average molecular weight is 424 g/mol. The Morgan fingerprint density at radius 2 is 1.90 bits per heavy atom. The molecule has 8 heteroatoms. The number of carbonyl (C=O) groups is 1. The maximum absolute atomic E-state index is 13.1. The summed E-state index contributed by atoms with van der Waals surface area (Å²) in [6.45, 7) is 1.85. The Bertz CT molecular complexity index is 968. The molecule has 1 saturated carbocycles. The highest BCUT2D eigenvalue weighted by Crippen LogP contribution is 2.45. The van der Waals surface area contributed by atoms with Crippen LogP contribution in [0.4, 0.5) is 11.8 Å². The van der Waals surface area contributed by atoms with Crippen LogP contribution in [-0.4, -0.2) is 55.9 Å². The van der Waals surface area contributed by atoms with Crippen molar-refractivity contribution in [2.24, 2.45) is 17.8 Å². The number of hydrogen-bond donors (Lipinski definition) is 2. The van der Waals surface area contributed by atoms with Crippen molar-refractivity contribution in [3.8, 4) is 0 Å². The predicted molar refractivity (Wildman–Crippen MR) is 119 cm³/mol. The molecule has 3 aliphatic heterocycles. The fraction of sp³-hybridized carbons (Fsp3) is 0.739. The highest BCUT2D eigenvalue weighted by Gasteiger charge is 2.50. The zero-order valence-electron chi connectivity index (χ0n) is 18.2. The summed E-state index contributed by atoms with van der Waals surface area (Å²) in [7, 11) is 0. The molecule has 2 aromatic heterocycles. The van der Waals surface area contributed by atoms with Crippen LogP contribution in [0.25, 0.3) is 11.2 Å². The second-order valence-electron chi connectivity index (χ2n) is 10.2. The molecule has 1 aliphatic carbocycles. The van der Waals surface area contributed by atoms with Crippen LogP contribution in [-0.2, 0) is 4.79 Å². The molecule has 6 rings (SSSR count). The minimum absolute atomic E-state index is 0.276. The molecule has 3 N–H and O–H groups in total. The number of rotatable bonds is 3. The van der Waals surface area contributed by atoms with Crippen LogP contribution >= 0.6 is 0 Å². The van der Waals surface area contributed by atoms with Gasteiger partial charge >= 0.3 is 0 Å². The van der Waals surface area contributed by atoms with Gasteiger partial charge < -0.3 is 20.5 Å². The van der Waals surface area contributed by atoms with E-state index in [1.54, 1.807) is 6.33 Å². The van der Waals surface area contributed by atoms with Crippen LogP contribution in [0.1, 0.15) is 64.2 Å². The summed E-state index contributed by atoms with van der Waals surface area (Å²) in [5.41, 5.74) is 7.53. The fourth-order valence-electron chi connectivity index (χ4n) is 7.08. The number of carbonyl (C=O) groups excluding carboxylic acids is 1. The average Bonchev–Trinajstić information content (AvgIpc) is 3.25. The number of aromatic amines is 1. The van der Waals surface area contributed by atoms with Gasteiger partial charge in [-0.25, -0.2) is 4.98 Å². The van der Waals surface area contributed by atoms with E-state index in [2.05, 4.69) is 29.7 Å². The molecule has 0 spiro atoms. The number of aromatic nitrogens is 4. The van der Waals surface area contributed by atoms with Gasteiger partial charge in [-0.05, 0) is 43.4 Å². The summed E-state index contributed by atoms with van der Waals surface area (Å²) in [5.74, 6) is 3.32. The second kappa shape index (κ2) is 7.64. The Morgan fingerprint density at radius 1 is 1.06 bits per heavy atom. The molecular weight excluding hydrogens is 390 g/mol. The number of imidazole rings is 1. The lowest BCUT2D eigenvalue weighted by molar-refractivity contribution is -0.149. The first-order valence-electron chi connectivity index (χ1n) is 12.2. The SMILES string of the molecule is Nc1nc(N2C[C@H]3C[C@@H](C2)[C@H](CC2CCCCC2)N2C(=O)CCC[C@@H]32)c2[nH]cnc2n1. The molecule has 166 valence electrons. The Kier molecular flexibility index (Phi) is 4.76. The van der Waals surface area contributed by atoms with Crippen LogP contribution in [0, 0.1) is 17.8 Å². The van der Waals surface area contributed by atoms with Gasteiger partial charge in [0.2, 0.25) is 11.9 Å². The van der Waals surface area contributed by atoms with E-state index in [1.165, 1.54) is 44.9 Å². The van der Waals surface area contributed by atoms with Crippen molar-refractivity contribution in [2.75, 3.05) is 23.7 Å². The third kappa shape index (κ3) is 3.34. The normalized spacial score (nSPS) is 31.8. The number of nitrogens with two attached hydrogens (primary N) is 1. The Hall–Kier alpha value is -2.38. The standard InChI is InChI=1S/C23H33N7O/c24-23-27-21-20(25-13-26-21)22(28-23)29-11-15-10-16(12-29)18(9-14-5-2-1-3-6-14)30-17(15)7-4-8-19(30)31/h13-18H,1-12H2,(H3,24,25,26,27,28)/t15-,16+,17+,18+/m1/s1. The van der Waals surface area contributed by atoms with Gasteiger partial charge in [0.15, 0.2) is 11.5 Å². The molecule has 5 heterocycles. The highest BCUT2D eigenvalue weighted by molar-refractivity contribution is 5.84. The largest absolute Gasteiger partial charge is 0.368 e. The molecule has 0 unspecified atom stereocenters. The lowest BCUT2D eigenvalue weighted by Crippen LogP contribution is -2.65.